The van der Waals surface area contributed by atoms with Crippen molar-refractivity contribution in [3.05, 3.63) is 22.3 Å². The number of aromatic nitrogens is 1. The summed E-state index contributed by atoms with van der Waals surface area (Å²) in [6.45, 7) is 7.55. The molecule has 0 saturated heterocycles. The highest BCUT2D eigenvalue weighted by atomic mass is 79.9. The van der Waals surface area contributed by atoms with Gasteiger partial charge in [-0.25, -0.2) is 4.98 Å². The van der Waals surface area contributed by atoms with E-state index in [-0.39, 0.29) is 5.92 Å². The van der Waals surface area contributed by atoms with E-state index in [9.17, 15) is 0 Å². The van der Waals surface area contributed by atoms with Gasteiger partial charge in [0.15, 0.2) is 0 Å². The maximum Gasteiger partial charge on any atom is 0.128 e. The number of hydrogen-bond acceptors (Lipinski definition) is 3. The molecule has 1 unspecified atom stereocenters. The van der Waals surface area contributed by atoms with Crippen LogP contribution in [0.4, 0.5) is 5.82 Å². The first-order chi connectivity index (χ1) is 7.58. The number of nitriles is 1. The highest BCUT2D eigenvalue weighted by molar-refractivity contribution is 9.10. The van der Waals surface area contributed by atoms with Gasteiger partial charge in [0.25, 0.3) is 0 Å². The van der Waals surface area contributed by atoms with Gasteiger partial charge in [-0.15, -0.1) is 0 Å². The van der Waals surface area contributed by atoms with Crippen LogP contribution in [0.2, 0.25) is 0 Å². The molecule has 0 fully saturated rings. The third-order valence-electron chi connectivity index (χ3n) is 2.43. The second-order valence-corrected chi connectivity index (χ2v) is 4.66. The molecule has 86 valence electrons. The van der Waals surface area contributed by atoms with Crippen LogP contribution in [0.15, 0.2) is 16.6 Å². The fraction of sp³-hybridized carbons (Fsp3) is 0.500. The van der Waals surface area contributed by atoms with Gasteiger partial charge in [-0.2, -0.15) is 5.26 Å². The molecule has 16 heavy (non-hydrogen) atoms. The van der Waals surface area contributed by atoms with Gasteiger partial charge in [-0.05, 0) is 48.8 Å². The van der Waals surface area contributed by atoms with E-state index < -0.39 is 0 Å². The molecular formula is C12H16BrN3. The zero-order valence-corrected chi connectivity index (χ0v) is 11.5. The lowest BCUT2D eigenvalue weighted by molar-refractivity contribution is 0.678. The maximum absolute atomic E-state index is 8.82. The lowest BCUT2D eigenvalue weighted by Crippen LogP contribution is -2.28. The summed E-state index contributed by atoms with van der Waals surface area (Å²) >= 11 is 3.43. The summed E-state index contributed by atoms with van der Waals surface area (Å²) in [6.07, 6.45) is 0. The Morgan fingerprint density at radius 3 is 2.75 bits per heavy atom. The summed E-state index contributed by atoms with van der Waals surface area (Å²) in [6, 6.07) is 6.22. The molecule has 1 aromatic heterocycles. The van der Waals surface area contributed by atoms with E-state index in [4.69, 9.17) is 5.26 Å². The van der Waals surface area contributed by atoms with Crippen molar-refractivity contribution in [2.45, 2.75) is 20.8 Å². The van der Waals surface area contributed by atoms with Crippen LogP contribution in [0.5, 0.6) is 0 Å². The summed E-state index contributed by atoms with van der Waals surface area (Å²) < 4.78 is 1.01. The van der Waals surface area contributed by atoms with Crippen molar-refractivity contribution in [2.24, 2.45) is 5.92 Å². The Hall–Kier alpha value is -1.08. The second kappa shape index (κ2) is 5.86. The monoisotopic (exact) mass is 281 g/mol. The minimum atomic E-state index is 0.0192. The van der Waals surface area contributed by atoms with Crippen molar-refractivity contribution >= 4 is 21.7 Å². The smallest absolute Gasteiger partial charge is 0.128 e. The van der Waals surface area contributed by atoms with E-state index in [1.54, 1.807) is 0 Å². The van der Waals surface area contributed by atoms with E-state index in [2.05, 4.69) is 38.8 Å². The SMILES string of the molecule is CCN(CC(C)C#N)c1ccc(Br)c(C)n1. The van der Waals surface area contributed by atoms with Gasteiger partial charge in [-0.3, -0.25) is 0 Å². The molecule has 1 heterocycles. The summed E-state index contributed by atoms with van der Waals surface area (Å²) in [4.78, 5) is 6.62. The van der Waals surface area contributed by atoms with Gasteiger partial charge >= 0.3 is 0 Å². The number of nitrogens with zero attached hydrogens (tertiary/aromatic N) is 3. The predicted octanol–water partition coefficient (Wildman–Crippen LogP) is 3.14. The maximum atomic E-state index is 8.82. The van der Waals surface area contributed by atoms with Crippen molar-refractivity contribution in [1.82, 2.24) is 4.98 Å². The molecule has 3 nitrogen and oxygen atoms in total. The Morgan fingerprint density at radius 2 is 2.25 bits per heavy atom. The minimum Gasteiger partial charge on any atom is -0.356 e. The first-order valence-corrected chi connectivity index (χ1v) is 6.15. The summed E-state index contributed by atoms with van der Waals surface area (Å²) in [7, 11) is 0. The highest BCUT2D eigenvalue weighted by Crippen LogP contribution is 2.19. The van der Waals surface area contributed by atoms with Crippen LogP contribution in [0.25, 0.3) is 0 Å². The quantitative estimate of drug-likeness (QED) is 0.851. The Morgan fingerprint density at radius 1 is 1.56 bits per heavy atom. The van der Waals surface area contributed by atoms with Crippen LogP contribution < -0.4 is 4.90 Å². The molecule has 0 aliphatic heterocycles. The largest absolute Gasteiger partial charge is 0.356 e. The molecule has 0 saturated carbocycles. The molecule has 4 heteroatoms. The predicted molar refractivity (Wildman–Crippen MR) is 69.3 cm³/mol. The first kappa shape index (κ1) is 13.0. The van der Waals surface area contributed by atoms with Crippen LogP contribution in [-0.2, 0) is 0 Å². The van der Waals surface area contributed by atoms with Gasteiger partial charge in [0, 0.05) is 17.6 Å². The second-order valence-electron chi connectivity index (χ2n) is 3.81. The molecule has 0 amide bonds. The summed E-state index contributed by atoms with van der Waals surface area (Å²) in [5.74, 6) is 0.955. The van der Waals surface area contributed by atoms with Gasteiger partial charge in [0.2, 0.25) is 0 Å². The topological polar surface area (TPSA) is 39.9 Å². The molecule has 0 radical (unpaired) electrons. The molecule has 0 N–H and O–H groups in total. The Bertz CT molecular complexity index is 398. The van der Waals surface area contributed by atoms with Gasteiger partial charge < -0.3 is 4.90 Å². The third-order valence-corrected chi connectivity index (χ3v) is 3.27. The average Bonchev–Trinajstić information content (AvgIpc) is 2.29. The number of aryl methyl sites for hydroxylation is 1. The summed E-state index contributed by atoms with van der Waals surface area (Å²) in [5, 5.41) is 8.82. The average molecular weight is 282 g/mol. The molecule has 0 aliphatic carbocycles. The zero-order valence-electron chi connectivity index (χ0n) is 9.87. The van der Waals surface area contributed by atoms with Crippen LogP contribution >= 0.6 is 15.9 Å². The number of anilines is 1. The fourth-order valence-corrected chi connectivity index (χ4v) is 1.68. The molecular weight excluding hydrogens is 266 g/mol. The first-order valence-electron chi connectivity index (χ1n) is 5.36. The van der Waals surface area contributed by atoms with Crippen molar-refractivity contribution in [3.63, 3.8) is 0 Å². The molecule has 1 atom stereocenters. The van der Waals surface area contributed by atoms with Crippen molar-refractivity contribution in [2.75, 3.05) is 18.0 Å². The van der Waals surface area contributed by atoms with Crippen LogP contribution in [0.1, 0.15) is 19.5 Å². The molecule has 1 aromatic rings. The van der Waals surface area contributed by atoms with E-state index in [0.29, 0.717) is 0 Å². The number of halogens is 1. The Balaban J connectivity index is 2.87. The van der Waals surface area contributed by atoms with Crippen LogP contribution in [-0.4, -0.2) is 18.1 Å². The van der Waals surface area contributed by atoms with Crippen molar-refractivity contribution in [3.8, 4) is 6.07 Å². The van der Waals surface area contributed by atoms with E-state index >= 15 is 0 Å². The zero-order chi connectivity index (χ0) is 12.1. The molecule has 0 aromatic carbocycles. The van der Waals surface area contributed by atoms with Crippen molar-refractivity contribution < 1.29 is 0 Å². The number of rotatable bonds is 4. The lowest BCUT2D eigenvalue weighted by atomic mass is 10.2. The molecule has 1 rings (SSSR count). The van der Waals surface area contributed by atoms with E-state index in [1.165, 1.54) is 0 Å². The number of pyridine rings is 1. The minimum absolute atomic E-state index is 0.0192. The standard InChI is InChI=1S/C12H16BrN3/c1-4-16(8-9(2)7-14)12-6-5-11(13)10(3)15-12/h5-6,9H,4,8H2,1-3H3. The molecule has 0 spiro atoms. The van der Waals surface area contributed by atoms with E-state index in [0.717, 1.165) is 29.1 Å². The normalized spacial score (nSPS) is 11.9. The lowest BCUT2D eigenvalue weighted by Gasteiger charge is -2.23. The summed E-state index contributed by atoms with van der Waals surface area (Å²) in [5.41, 5.74) is 0.973. The Kier molecular flexibility index (Phi) is 4.75. The van der Waals surface area contributed by atoms with Crippen molar-refractivity contribution in [1.29, 1.82) is 5.26 Å². The molecule has 0 bridgehead atoms. The third kappa shape index (κ3) is 3.21. The Labute approximate surface area is 105 Å². The molecule has 0 aliphatic rings. The van der Waals surface area contributed by atoms with Crippen LogP contribution in [0.3, 0.4) is 0 Å². The number of hydrogen-bond donors (Lipinski definition) is 0. The highest BCUT2D eigenvalue weighted by Gasteiger charge is 2.10. The van der Waals surface area contributed by atoms with Gasteiger partial charge in [0.1, 0.15) is 5.82 Å². The van der Waals surface area contributed by atoms with Gasteiger partial charge in [0.05, 0.1) is 17.7 Å². The van der Waals surface area contributed by atoms with Gasteiger partial charge in [-0.1, -0.05) is 0 Å². The fourth-order valence-electron chi connectivity index (χ4n) is 1.46. The van der Waals surface area contributed by atoms with Crippen LogP contribution in [0, 0.1) is 24.2 Å². The van der Waals surface area contributed by atoms with E-state index in [1.807, 2.05) is 26.0 Å².